The molecule has 0 radical (unpaired) electrons. The van der Waals surface area contributed by atoms with Crippen LogP contribution in [-0.2, 0) is 23.9 Å². The molecule has 0 saturated carbocycles. The largest absolute Gasteiger partial charge is 0.465 e. The second kappa shape index (κ2) is 7.41. The Bertz CT molecular complexity index is 351. The maximum absolute atomic E-state index is 11.5. The van der Waals surface area contributed by atoms with Crippen molar-refractivity contribution in [1.82, 2.24) is 9.80 Å². The van der Waals surface area contributed by atoms with Gasteiger partial charge in [0.2, 0.25) is 11.7 Å². The van der Waals surface area contributed by atoms with Gasteiger partial charge < -0.3 is 14.5 Å². The molecule has 7 nitrogen and oxygen atoms in total. The van der Waals surface area contributed by atoms with Crippen molar-refractivity contribution in [2.75, 3.05) is 34.3 Å². The Hall–Kier alpha value is -1.92. The molecule has 18 heavy (non-hydrogen) atoms. The first-order valence-corrected chi connectivity index (χ1v) is 5.43. The number of rotatable bonds is 6. The van der Waals surface area contributed by atoms with E-state index in [4.69, 9.17) is 0 Å². The zero-order chi connectivity index (χ0) is 14.3. The first-order chi connectivity index (χ1) is 8.29. The minimum Gasteiger partial charge on any atom is -0.465 e. The van der Waals surface area contributed by atoms with Crippen LogP contribution in [0, 0.1) is 0 Å². The van der Waals surface area contributed by atoms with Crippen molar-refractivity contribution in [2.45, 2.75) is 13.3 Å². The maximum Gasteiger partial charge on any atom is 0.325 e. The van der Waals surface area contributed by atoms with Gasteiger partial charge in [-0.2, -0.15) is 0 Å². The molecule has 0 heterocycles. The third kappa shape index (κ3) is 5.42. The highest BCUT2D eigenvalue weighted by Crippen LogP contribution is 1.95. The van der Waals surface area contributed by atoms with E-state index in [1.54, 1.807) is 6.92 Å². The zero-order valence-electron chi connectivity index (χ0n) is 11.1. The lowest BCUT2D eigenvalue weighted by Crippen LogP contribution is -2.39. The molecule has 102 valence electrons. The van der Waals surface area contributed by atoms with Crippen molar-refractivity contribution in [1.29, 1.82) is 0 Å². The lowest BCUT2D eigenvalue weighted by Gasteiger charge is -2.15. The van der Waals surface area contributed by atoms with Gasteiger partial charge in [-0.15, -0.1) is 0 Å². The van der Waals surface area contributed by atoms with Gasteiger partial charge in [0.15, 0.2) is 0 Å². The third-order valence-electron chi connectivity index (χ3n) is 2.07. The molecule has 2 amide bonds. The van der Waals surface area contributed by atoms with Gasteiger partial charge in [-0.25, -0.2) is 0 Å². The normalized spacial score (nSPS) is 9.56. The number of likely N-dealkylation sites (N-methyl/N-ethyl adjacent to an activating group) is 1. The van der Waals surface area contributed by atoms with E-state index >= 15 is 0 Å². The molecule has 0 saturated heterocycles. The molecule has 0 aromatic carbocycles. The molecular weight excluding hydrogens is 240 g/mol. The number of esters is 1. The smallest absolute Gasteiger partial charge is 0.325 e. The van der Waals surface area contributed by atoms with Crippen molar-refractivity contribution < 1.29 is 23.9 Å². The number of ether oxygens (including phenoxy) is 1. The van der Waals surface area contributed by atoms with Crippen molar-refractivity contribution in [3.05, 3.63) is 0 Å². The molecule has 0 N–H and O–H groups in total. The predicted molar refractivity (Wildman–Crippen MR) is 62.6 cm³/mol. The molecule has 0 aliphatic heterocycles. The lowest BCUT2D eigenvalue weighted by atomic mass is 10.2. The fourth-order valence-electron chi connectivity index (χ4n) is 1.06. The number of hydrogen-bond acceptors (Lipinski definition) is 5. The zero-order valence-corrected chi connectivity index (χ0v) is 11.1. The standard InChI is InChI=1S/C11H18N2O5/c1-5-18-10(16)7-13(4)11(17)8(14)6-9(15)12(2)3/h5-7H2,1-4H3. The molecular formula is C11H18N2O5. The van der Waals surface area contributed by atoms with Gasteiger partial charge >= 0.3 is 5.97 Å². The molecule has 0 aliphatic rings. The first kappa shape index (κ1) is 16.1. The Morgan fingerprint density at radius 2 is 1.61 bits per heavy atom. The summed E-state index contributed by atoms with van der Waals surface area (Å²) in [5.41, 5.74) is 0. The summed E-state index contributed by atoms with van der Waals surface area (Å²) in [6.45, 7) is 1.53. The van der Waals surface area contributed by atoms with Crippen molar-refractivity contribution >= 4 is 23.6 Å². The number of hydrogen-bond donors (Lipinski definition) is 0. The summed E-state index contributed by atoms with van der Waals surface area (Å²) in [5.74, 6) is -2.78. The average molecular weight is 258 g/mol. The monoisotopic (exact) mass is 258 g/mol. The van der Waals surface area contributed by atoms with E-state index in [1.165, 1.54) is 26.0 Å². The summed E-state index contributed by atoms with van der Waals surface area (Å²) in [6.07, 6.45) is -0.501. The van der Waals surface area contributed by atoms with Crippen LogP contribution in [0.5, 0.6) is 0 Å². The van der Waals surface area contributed by atoms with E-state index < -0.39 is 30.0 Å². The van der Waals surface area contributed by atoms with Crippen molar-refractivity contribution in [3.8, 4) is 0 Å². The summed E-state index contributed by atoms with van der Waals surface area (Å²) < 4.78 is 4.64. The summed E-state index contributed by atoms with van der Waals surface area (Å²) in [6, 6.07) is 0. The number of nitrogens with zero attached hydrogens (tertiary/aromatic N) is 2. The number of amides is 2. The SMILES string of the molecule is CCOC(=O)CN(C)C(=O)C(=O)CC(=O)N(C)C. The van der Waals surface area contributed by atoms with E-state index in [0.717, 1.165) is 4.90 Å². The Labute approximate surface area is 106 Å². The lowest BCUT2D eigenvalue weighted by molar-refractivity contribution is -0.151. The molecule has 0 unspecified atom stereocenters. The first-order valence-electron chi connectivity index (χ1n) is 5.43. The second-order valence-corrected chi connectivity index (χ2v) is 3.85. The van der Waals surface area contributed by atoms with Crippen molar-refractivity contribution in [3.63, 3.8) is 0 Å². The van der Waals surface area contributed by atoms with Crippen LogP contribution in [0.15, 0.2) is 0 Å². The average Bonchev–Trinajstić information content (AvgIpc) is 2.27. The van der Waals surface area contributed by atoms with Crippen LogP contribution in [0.4, 0.5) is 0 Å². The molecule has 0 bridgehead atoms. The number of ketones is 1. The molecule has 7 heteroatoms. The highest BCUT2D eigenvalue weighted by molar-refractivity contribution is 6.39. The summed E-state index contributed by atoms with van der Waals surface area (Å²) in [5, 5.41) is 0. The topological polar surface area (TPSA) is 84.0 Å². The van der Waals surface area contributed by atoms with E-state index in [2.05, 4.69) is 4.74 Å². The van der Waals surface area contributed by atoms with Crippen LogP contribution in [0.1, 0.15) is 13.3 Å². The fourth-order valence-corrected chi connectivity index (χ4v) is 1.06. The Balaban J connectivity index is 4.33. The Morgan fingerprint density at radius 3 is 2.06 bits per heavy atom. The number of carbonyl (C=O) groups excluding carboxylic acids is 4. The minimum absolute atomic E-state index is 0.202. The third-order valence-corrected chi connectivity index (χ3v) is 2.07. The summed E-state index contributed by atoms with van der Waals surface area (Å²) in [7, 11) is 4.28. The van der Waals surface area contributed by atoms with Crippen molar-refractivity contribution in [2.24, 2.45) is 0 Å². The Morgan fingerprint density at radius 1 is 1.06 bits per heavy atom. The van der Waals surface area contributed by atoms with Gasteiger partial charge in [-0.3, -0.25) is 19.2 Å². The van der Waals surface area contributed by atoms with Gasteiger partial charge in [-0.05, 0) is 6.92 Å². The van der Waals surface area contributed by atoms with Crippen LogP contribution >= 0.6 is 0 Å². The van der Waals surface area contributed by atoms with Gasteiger partial charge in [0.25, 0.3) is 5.91 Å². The van der Waals surface area contributed by atoms with Crippen LogP contribution in [-0.4, -0.2) is 67.7 Å². The molecule has 0 spiro atoms. The van der Waals surface area contributed by atoms with Gasteiger partial charge in [0.1, 0.15) is 6.54 Å². The molecule has 0 aromatic heterocycles. The number of carbonyl (C=O) groups is 4. The summed E-state index contributed by atoms with van der Waals surface area (Å²) in [4.78, 5) is 47.5. The molecule has 0 atom stereocenters. The van der Waals surface area contributed by atoms with Crippen LogP contribution < -0.4 is 0 Å². The quantitative estimate of drug-likeness (QED) is 0.348. The maximum atomic E-state index is 11.5. The van der Waals surface area contributed by atoms with E-state index in [1.807, 2.05) is 0 Å². The van der Waals surface area contributed by atoms with Crippen LogP contribution in [0.2, 0.25) is 0 Å². The molecule has 0 fully saturated rings. The van der Waals surface area contributed by atoms with E-state index in [9.17, 15) is 19.2 Å². The van der Waals surface area contributed by atoms with Crippen LogP contribution in [0.3, 0.4) is 0 Å². The molecule has 0 aliphatic carbocycles. The summed E-state index contributed by atoms with van der Waals surface area (Å²) >= 11 is 0. The highest BCUT2D eigenvalue weighted by atomic mass is 16.5. The van der Waals surface area contributed by atoms with Gasteiger partial charge in [-0.1, -0.05) is 0 Å². The van der Waals surface area contributed by atoms with Crippen LogP contribution in [0.25, 0.3) is 0 Å². The second-order valence-electron chi connectivity index (χ2n) is 3.85. The molecule has 0 aromatic rings. The van der Waals surface area contributed by atoms with Gasteiger partial charge in [0.05, 0.1) is 13.0 Å². The fraction of sp³-hybridized carbons (Fsp3) is 0.636. The Kier molecular flexibility index (Phi) is 6.62. The van der Waals surface area contributed by atoms with Gasteiger partial charge in [0, 0.05) is 21.1 Å². The van der Waals surface area contributed by atoms with E-state index in [0.29, 0.717) is 0 Å². The predicted octanol–water partition coefficient (Wildman–Crippen LogP) is -0.945. The number of Topliss-reactive ketones (excluding diaryl/α,β-unsaturated/α-hetero) is 1. The minimum atomic E-state index is -0.877. The highest BCUT2D eigenvalue weighted by Gasteiger charge is 2.23. The molecule has 0 rings (SSSR count). The van der Waals surface area contributed by atoms with E-state index in [-0.39, 0.29) is 13.2 Å².